The highest BCUT2D eigenvalue weighted by Crippen LogP contribution is 2.04. The fourth-order valence-corrected chi connectivity index (χ4v) is 2.26. The fraction of sp³-hybridized carbons (Fsp3) is 0.929. The summed E-state index contributed by atoms with van der Waals surface area (Å²) < 4.78 is 0. The van der Waals surface area contributed by atoms with E-state index in [9.17, 15) is 4.79 Å². The van der Waals surface area contributed by atoms with Gasteiger partial charge in [0.25, 0.3) is 0 Å². The van der Waals surface area contributed by atoms with Crippen LogP contribution in [-0.2, 0) is 4.79 Å². The van der Waals surface area contributed by atoms with Crippen molar-refractivity contribution in [2.24, 2.45) is 0 Å². The van der Waals surface area contributed by atoms with E-state index in [0.29, 0.717) is 6.54 Å². The van der Waals surface area contributed by atoms with Gasteiger partial charge in [0.05, 0.1) is 6.54 Å². The maximum atomic E-state index is 11.7. The van der Waals surface area contributed by atoms with E-state index in [0.717, 1.165) is 39.1 Å². The second-order valence-corrected chi connectivity index (χ2v) is 5.14. The molecule has 1 amide bonds. The number of rotatable bonds is 9. The summed E-state index contributed by atoms with van der Waals surface area (Å²) in [7, 11) is 0. The van der Waals surface area contributed by atoms with E-state index >= 15 is 0 Å². The smallest absolute Gasteiger partial charge is 0.234 e. The van der Waals surface area contributed by atoms with Crippen LogP contribution in [0.25, 0.3) is 0 Å². The first-order valence-electron chi connectivity index (χ1n) is 7.52. The molecule has 2 N–H and O–H groups in total. The van der Waals surface area contributed by atoms with Gasteiger partial charge in [-0.3, -0.25) is 9.69 Å². The van der Waals surface area contributed by atoms with Crippen LogP contribution in [0.2, 0.25) is 0 Å². The molecule has 1 fully saturated rings. The molecular formula is C14H29N3O. The van der Waals surface area contributed by atoms with E-state index in [1.807, 2.05) is 0 Å². The molecule has 0 bridgehead atoms. The first kappa shape index (κ1) is 15.4. The normalized spacial score (nSPS) is 16.7. The van der Waals surface area contributed by atoms with Gasteiger partial charge in [-0.25, -0.2) is 0 Å². The summed E-state index contributed by atoms with van der Waals surface area (Å²) in [5, 5.41) is 6.31. The van der Waals surface area contributed by atoms with Crippen LogP contribution >= 0.6 is 0 Å². The monoisotopic (exact) mass is 255 g/mol. The Bertz CT molecular complexity index is 215. The molecule has 1 heterocycles. The van der Waals surface area contributed by atoms with Gasteiger partial charge in [-0.05, 0) is 6.42 Å². The largest absolute Gasteiger partial charge is 0.355 e. The van der Waals surface area contributed by atoms with Crippen molar-refractivity contribution >= 4 is 5.91 Å². The minimum absolute atomic E-state index is 0.186. The third-order valence-electron chi connectivity index (χ3n) is 3.43. The summed E-state index contributed by atoms with van der Waals surface area (Å²) in [6.45, 7) is 7.63. The lowest BCUT2D eigenvalue weighted by Gasteiger charge is -2.26. The van der Waals surface area contributed by atoms with Crippen LogP contribution in [0, 0.1) is 0 Å². The molecule has 0 saturated carbocycles. The molecule has 1 saturated heterocycles. The van der Waals surface area contributed by atoms with E-state index in [2.05, 4.69) is 22.5 Å². The van der Waals surface area contributed by atoms with Crippen LogP contribution in [0.4, 0.5) is 0 Å². The number of hydrogen-bond acceptors (Lipinski definition) is 3. The van der Waals surface area contributed by atoms with Crippen molar-refractivity contribution in [3.05, 3.63) is 0 Å². The molecule has 0 unspecified atom stereocenters. The van der Waals surface area contributed by atoms with Gasteiger partial charge in [-0.15, -0.1) is 0 Å². The fourth-order valence-electron chi connectivity index (χ4n) is 2.26. The molecule has 1 aliphatic heterocycles. The SMILES string of the molecule is CCCCCCCCNC(=O)CN1CCNCC1. The van der Waals surface area contributed by atoms with Crippen molar-refractivity contribution in [2.45, 2.75) is 45.4 Å². The highest BCUT2D eigenvalue weighted by molar-refractivity contribution is 5.77. The molecule has 0 aromatic rings. The van der Waals surface area contributed by atoms with Gasteiger partial charge in [-0.1, -0.05) is 39.0 Å². The number of unbranched alkanes of at least 4 members (excludes halogenated alkanes) is 5. The second-order valence-electron chi connectivity index (χ2n) is 5.14. The molecule has 0 radical (unpaired) electrons. The van der Waals surface area contributed by atoms with E-state index in [4.69, 9.17) is 0 Å². The van der Waals surface area contributed by atoms with E-state index in [1.165, 1.54) is 32.1 Å². The standard InChI is InChI=1S/C14H29N3O/c1-2-3-4-5-6-7-8-16-14(18)13-17-11-9-15-10-12-17/h15H,2-13H2,1H3,(H,16,18). The van der Waals surface area contributed by atoms with Crippen molar-refractivity contribution < 1.29 is 4.79 Å². The van der Waals surface area contributed by atoms with Crippen molar-refractivity contribution in [1.82, 2.24) is 15.5 Å². The first-order chi connectivity index (χ1) is 8.83. The van der Waals surface area contributed by atoms with E-state index in [-0.39, 0.29) is 5.91 Å². The molecule has 0 aromatic heterocycles. The van der Waals surface area contributed by atoms with Gasteiger partial charge in [0, 0.05) is 32.7 Å². The predicted molar refractivity (Wildman–Crippen MR) is 75.7 cm³/mol. The lowest BCUT2D eigenvalue weighted by Crippen LogP contribution is -2.47. The molecule has 0 spiro atoms. The van der Waals surface area contributed by atoms with Gasteiger partial charge >= 0.3 is 0 Å². The zero-order valence-electron chi connectivity index (χ0n) is 11.8. The molecule has 106 valence electrons. The zero-order chi connectivity index (χ0) is 13.1. The number of carbonyl (C=O) groups is 1. The maximum Gasteiger partial charge on any atom is 0.234 e. The summed E-state index contributed by atoms with van der Waals surface area (Å²) in [5.41, 5.74) is 0. The summed E-state index contributed by atoms with van der Waals surface area (Å²) in [5.74, 6) is 0.186. The Morgan fingerprint density at radius 2 is 1.78 bits per heavy atom. The number of piperazine rings is 1. The minimum Gasteiger partial charge on any atom is -0.355 e. The number of nitrogens with one attached hydrogen (secondary N) is 2. The Kier molecular flexibility index (Phi) is 8.86. The average molecular weight is 255 g/mol. The van der Waals surface area contributed by atoms with Crippen LogP contribution < -0.4 is 10.6 Å². The average Bonchev–Trinajstić information content (AvgIpc) is 2.39. The van der Waals surface area contributed by atoms with Crippen LogP contribution in [-0.4, -0.2) is 50.1 Å². The second kappa shape index (κ2) is 10.3. The third-order valence-corrected chi connectivity index (χ3v) is 3.43. The molecule has 1 aliphatic rings. The maximum absolute atomic E-state index is 11.7. The number of hydrogen-bond donors (Lipinski definition) is 2. The molecule has 4 nitrogen and oxygen atoms in total. The van der Waals surface area contributed by atoms with Crippen molar-refractivity contribution in [2.75, 3.05) is 39.3 Å². The Balaban J connectivity index is 1.90. The molecule has 4 heteroatoms. The Morgan fingerprint density at radius 1 is 1.11 bits per heavy atom. The number of amides is 1. The first-order valence-corrected chi connectivity index (χ1v) is 7.52. The third kappa shape index (κ3) is 7.67. The zero-order valence-corrected chi connectivity index (χ0v) is 11.8. The lowest BCUT2D eigenvalue weighted by molar-refractivity contribution is -0.122. The van der Waals surface area contributed by atoms with Gasteiger partial charge in [0.15, 0.2) is 0 Å². The number of carbonyl (C=O) groups excluding carboxylic acids is 1. The molecule has 0 aliphatic carbocycles. The van der Waals surface area contributed by atoms with Crippen LogP contribution in [0.5, 0.6) is 0 Å². The topological polar surface area (TPSA) is 44.4 Å². The summed E-state index contributed by atoms with van der Waals surface area (Å²) in [4.78, 5) is 13.9. The van der Waals surface area contributed by atoms with Gasteiger partial charge in [0.1, 0.15) is 0 Å². The van der Waals surface area contributed by atoms with Crippen molar-refractivity contribution in [1.29, 1.82) is 0 Å². The highest BCUT2D eigenvalue weighted by atomic mass is 16.2. The molecule has 1 rings (SSSR count). The Morgan fingerprint density at radius 3 is 2.50 bits per heavy atom. The van der Waals surface area contributed by atoms with Crippen LogP contribution in [0.3, 0.4) is 0 Å². The minimum atomic E-state index is 0.186. The molecular weight excluding hydrogens is 226 g/mol. The number of nitrogens with zero attached hydrogens (tertiary/aromatic N) is 1. The lowest BCUT2D eigenvalue weighted by atomic mass is 10.1. The van der Waals surface area contributed by atoms with Crippen LogP contribution in [0.15, 0.2) is 0 Å². The Hall–Kier alpha value is -0.610. The molecule has 0 atom stereocenters. The predicted octanol–water partition coefficient (Wildman–Crippen LogP) is 1.37. The quantitative estimate of drug-likeness (QED) is 0.612. The highest BCUT2D eigenvalue weighted by Gasteiger charge is 2.12. The van der Waals surface area contributed by atoms with Gasteiger partial charge in [-0.2, -0.15) is 0 Å². The Labute approximate surface area is 111 Å². The molecule has 0 aromatic carbocycles. The summed E-state index contributed by atoms with van der Waals surface area (Å²) in [6, 6.07) is 0. The molecule has 18 heavy (non-hydrogen) atoms. The van der Waals surface area contributed by atoms with E-state index < -0.39 is 0 Å². The summed E-state index contributed by atoms with van der Waals surface area (Å²) in [6.07, 6.45) is 7.65. The van der Waals surface area contributed by atoms with Crippen molar-refractivity contribution in [3.63, 3.8) is 0 Å². The van der Waals surface area contributed by atoms with Gasteiger partial charge < -0.3 is 10.6 Å². The van der Waals surface area contributed by atoms with E-state index in [1.54, 1.807) is 0 Å². The summed E-state index contributed by atoms with van der Waals surface area (Å²) >= 11 is 0. The van der Waals surface area contributed by atoms with Crippen molar-refractivity contribution in [3.8, 4) is 0 Å². The van der Waals surface area contributed by atoms with Gasteiger partial charge in [0.2, 0.25) is 5.91 Å². The van der Waals surface area contributed by atoms with Crippen LogP contribution in [0.1, 0.15) is 45.4 Å².